The van der Waals surface area contributed by atoms with Gasteiger partial charge < -0.3 is 10.2 Å². The normalized spacial score (nSPS) is 18.8. The van der Waals surface area contributed by atoms with Crippen molar-refractivity contribution in [2.24, 2.45) is 5.92 Å². The molecule has 1 fully saturated rings. The van der Waals surface area contributed by atoms with E-state index in [-0.39, 0.29) is 11.9 Å². The summed E-state index contributed by atoms with van der Waals surface area (Å²) in [5, 5.41) is 3.44. The van der Waals surface area contributed by atoms with E-state index in [4.69, 9.17) is 0 Å². The topological polar surface area (TPSA) is 32.3 Å². The molecule has 0 saturated carbocycles. The molecule has 3 heteroatoms. The minimum absolute atomic E-state index is 0.169. The molecule has 0 aromatic heterocycles. The molecule has 0 bridgehead atoms. The Morgan fingerprint density at radius 2 is 1.95 bits per heavy atom. The second kappa shape index (κ2) is 7.08. The van der Waals surface area contributed by atoms with Crippen LogP contribution in [0.2, 0.25) is 0 Å². The molecule has 0 spiro atoms. The van der Waals surface area contributed by atoms with Crippen LogP contribution in [-0.4, -0.2) is 36.5 Å². The largest absolute Gasteiger partial charge is 0.336 e. The van der Waals surface area contributed by atoms with Gasteiger partial charge in [0.2, 0.25) is 0 Å². The van der Waals surface area contributed by atoms with Crippen LogP contribution in [0.5, 0.6) is 0 Å². The van der Waals surface area contributed by atoms with Crippen LogP contribution in [0.25, 0.3) is 0 Å². The SMILES string of the molecule is Cc1cc(C)cc(C(=O)N(CC2CCCNC2)C(C)C)c1. The van der Waals surface area contributed by atoms with Gasteiger partial charge in [0.15, 0.2) is 0 Å². The highest BCUT2D eigenvalue weighted by Gasteiger charge is 2.24. The van der Waals surface area contributed by atoms with Gasteiger partial charge in [0, 0.05) is 18.2 Å². The van der Waals surface area contributed by atoms with E-state index in [0.717, 1.165) is 36.3 Å². The molecule has 1 N–H and O–H groups in total. The minimum atomic E-state index is 0.169. The Labute approximate surface area is 128 Å². The molecule has 0 radical (unpaired) electrons. The number of benzene rings is 1. The molecule has 3 nitrogen and oxygen atoms in total. The lowest BCUT2D eigenvalue weighted by Gasteiger charge is -2.33. The van der Waals surface area contributed by atoms with Crippen LogP contribution < -0.4 is 5.32 Å². The third-order valence-corrected chi connectivity index (χ3v) is 4.21. The van der Waals surface area contributed by atoms with Crippen LogP contribution in [0.15, 0.2) is 18.2 Å². The highest BCUT2D eigenvalue weighted by atomic mass is 16.2. The first kappa shape index (κ1) is 16.0. The molecule has 1 amide bonds. The summed E-state index contributed by atoms with van der Waals surface area (Å²) in [6, 6.07) is 6.36. The predicted octanol–water partition coefficient (Wildman–Crippen LogP) is 3.15. The second-order valence-corrected chi connectivity index (χ2v) is 6.64. The lowest BCUT2D eigenvalue weighted by molar-refractivity contribution is 0.0660. The maximum atomic E-state index is 12.9. The summed E-state index contributed by atoms with van der Waals surface area (Å²) in [7, 11) is 0. The Morgan fingerprint density at radius 1 is 1.29 bits per heavy atom. The van der Waals surface area contributed by atoms with Crippen LogP contribution >= 0.6 is 0 Å². The molecule has 1 aliphatic heterocycles. The lowest BCUT2D eigenvalue weighted by Crippen LogP contribution is -2.44. The number of carbonyl (C=O) groups is 1. The van der Waals surface area contributed by atoms with Gasteiger partial charge in [-0.15, -0.1) is 0 Å². The number of amides is 1. The van der Waals surface area contributed by atoms with E-state index < -0.39 is 0 Å². The van der Waals surface area contributed by atoms with Gasteiger partial charge in [-0.1, -0.05) is 17.2 Å². The number of nitrogens with one attached hydrogen (secondary N) is 1. The first-order chi connectivity index (χ1) is 9.97. The molecular weight excluding hydrogens is 260 g/mol. The average Bonchev–Trinajstić information content (AvgIpc) is 2.44. The molecule has 1 aliphatic rings. The summed E-state index contributed by atoms with van der Waals surface area (Å²) in [6.45, 7) is 11.3. The van der Waals surface area contributed by atoms with Gasteiger partial charge in [0.25, 0.3) is 5.91 Å². The van der Waals surface area contributed by atoms with Crippen LogP contribution in [0.4, 0.5) is 0 Å². The van der Waals surface area contributed by atoms with Gasteiger partial charge in [-0.25, -0.2) is 0 Å². The van der Waals surface area contributed by atoms with Gasteiger partial charge in [-0.3, -0.25) is 4.79 Å². The number of piperidine rings is 1. The van der Waals surface area contributed by atoms with Gasteiger partial charge in [0.05, 0.1) is 0 Å². The Morgan fingerprint density at radius 3 is 2.48 bits per heavy atom. The summed E-state index contributed by atoms with van der Waals surface area (Å²) in [6.07, 6.45) is 2.44. The zero-order chi connectivity index (χ0) is 15.4. The molecule has 21 heavy (non-hydrogen) atoms. The molecule has 1 atom stereocenters. The van der Waals surface area contributed by atoms with Gasteiger partial charge in [-0.05, 0) is 71.7 Å². The second-order valence-electron chi connectivity index (χ2n) is 6.64. The summed E-state index contributed by atoms with van der Waals surface area (Å²) in [5.74, 6) is 0.748. The van der Waals surface area contributed by atoms with E-state index in [1.54, 1.807) is 0 Å². The van der Waals surface area contributed by atoms with E-state index in [1.165, 1.54) is 12.8 Å². The van der Waals surface area contributed by atoms with Gasteiger partial charge >= 0.3 is 0 Å². The Kier molecular flexibility index (Phi) is 5.40. The number of hydrogen-bond acceptors (Lipinski definition) is 2. The molecule has 1 aromatic carbocycles. The lowest BCUT2D eigenvalue weighted by atomic mass is 9.97. The van der Waals surface area contributed by atoms with E-state index in [0.29, 0.717) is 5.92 Å². The van der Waals surface area contributed by atoms with Crippen LogP contribution in [0.3, 0.4) is 0 Å². The van der Waals surface area contributed by atoms with E-state index in [2.05, 4.69) is 39.1 Å². The first-order valence-corrected chi connectivity index (χ1v) is 8.07. The highest BCUT2D eigenvalue weighted by Crippen LogP contribution is 2.18. The van der Waals surface area contributed by atoms with Gasteiger partial charge in [-0.2, -0.15) is 0 Å². The first-order valence-electron chi connectivity index (χ1n) is 8.07. The number of hydrogen-bond donors (Lipinski definition) is 1. The van der Waals surface area contributed by atoms with E-state index in [1.807, 2.05) is 17.0 Å². The van der Waals surface area contributed by atoms with Crippen molar-refractivity contribution in [3.63, 3.8) is 0 Å². The summed E-state index contributed by atoms with van der Waals surface area (Å²) < 4.78 is 0. The van der Waals surface area contributed by atoms with Crippen molar-refractivity contribution in [1.82, 2.24) is 10.2 Å². The molecule has 116 valence electrons. The highest BCUT2D eigenvalue weighted by molar-refractivity contribution is 5.94. The van der Waals surface area contributed by atoms with Crippen LogP contribution in [0.1, 0.15) is 48.2 Å². The average molecular weight is 288 g/mol. The van der Waals surface area contributed by atoms with E-state index >= 15 is 0 Å². The number of nitrogens with zero attached hydrogens (tertiary/aromatic N) is 1. The quantitative estimate of drug-likeness (QED) is 0.923. The molecule has 1 aromatic rings. The van der Waals surface area contributed by atoms with Gasteiger partial charge in [0.1, 0.15) is 0 Å². The van der Waals surface area contributed by atoms with E-state index in [9.17, 15) is 4.79 Å². The molecule has 2 rings (SSSR count). The Balaban J connectivity index is 2.14. The van der Waals surface area contributed by atoms with Crippen molar-refractivity contribution >= 4 is 5.91 Å². The number of rotatable bonds is 4. The van der Waals surface area contributed by atoms with Crippen molar-refractivity contribution in [1.29, 1.82) is 0 Å². The van der Waals surface area contributed by atoms with Crippen LogP contribution in [-0.2, 0) is 0 Å². The van der Waals surface area contributed by atoms with Crippen molar-refractivity contribution in [3.8, 4) is 0 Å². The summed E-state index contributed by atoms with van der Waals surface area (Å²) in [4.78, 5) is 14.9. The smallest absolute Gasteiger partial charge is 0.254 e. The standard InChI is InChI=1S/C18H28N2O/c1-13(2)20(12-16-6-5-7-19-11-16)18(21)17-9-14(3)8-15(4)10-17/h8-10,13,16,19H,5-7,11-12H2,1-4H3. The zero-order valence-electron chi connectivity index (χ0n) is 13.8. The van der Waals surface area contributed by atoms with Crippen molar-refractivity contribution in [2.75, 3.05) is 19.6 Å². The number of aryl methyl sites for hydroxylation is 2. The number of carbonyl (C=O) groups excluding carboxylic acids is 1. The molecule has 0 aliphatic carbocycles. The molecule has 1 saturated heterocycles. The summed E-state index contributed by atoms with van der Waals surface area (Å²) in [5.41, 5.74) is 3.13. The fourth-order valence-corrected chi connectivity index (χ4v) is 3.15. The van der Waals surface area contributed by atoms with Crippen molar-refractivity contribution < 1.29 is 4.79 Å². The third kappa shape index (κ3) is 4.31. The molecule has 1 heterocycles. The Hall–Kier alpha value is -1.35. The molecule has 1 unspecified atom stereocenters. The van der Waals surface area contributed by atoms with Crippen LogP contribution in [0, 0.1) is 19.8 Å². The molecular formula is C18H28N2O. The zero-order valence-corrected chi connectivity index (χ0v) is 13.8. The van der Waals surface area contributed by atoms with Crippen molar-refractivity contribution in [2.45, 2.75) is 46.6 Å². The monoisotopic (exact) mass is 288 g/mol. The van der Waals surface area contributed by atoms with Crippen molar-refractivity contribution in [3.05, 3.63) is 34.9 Å². The summed E-state index contributed by atoms with van der Waals surface area (Å²) >= 11 is 0. The third-order valence-electron chi connectivity index (χ3n) is 4.21. The Bertz CT molecular complexity index is 470. The maximum Gasteiger partial charge on any atom is 0.254 e. The fourth-order valence-electron chi connectivity index (χ4n) is 3.15. The maximum absolute atomic E-state index is 12.9. The minimum Gasteiger partial charge on any atom is -0.336 e. The fraction of sp³-hybridized carbons (Fsp3) is 0.611. The predicted molar refractivity (Wildman–Crippen MR) is 87.7 cm³/mol.